The van der Waals surface area contributed by atoms with Gasteiger partial charge in [0.15, 0.2) is 0 Å². The third-order valence-corrected chi connectivity index (χ3v) is 3.83. The van der Waals surface area contributed by atoms with Crippen molar-refractivity contribution < 1.29 is 4.79 Å². The van der Waals surface area contributed by atoms with Gasteiger partial charge in [0.05, 0.1) is 26.3 Å². The van der Waals surface area contributed by atoms with Crippen molar-refractivity contribution in [1.82, 2.24) is 4.98 Å². The molecule has 0 unspecified atom stereocenters. The minimum absolute atomic E-state index is 0.213. The Balaban J connectivity index is 1.88. The topological polar surface area (TPSA) is 42.0 Å². The first-order valence-corrected chi connectivity index (χ1v) is 6.89. The highest BCUT2D eigenvalue weighted by Crippen LogP contribution is 2.23. The summed E-state index contributed by atoms with van der Waals surface area (Å²) in [6.45, 7) is 0. The van der Waals surface area contributed by atoms with Gasteiger partial charge in [-0.2, -0.15) is 0 Å². The number of nitrogens with one attached hydrogen (secondary N) is 1. The monoisotopic (exact) mass is 288 g/mol. The van der Waals surface area contributed by atoms with E-state index in [4.69, 9.17) is 11.6 Å². The van der Waals surface area contributed by atoms with Crippen LogP contribution >= 0.6 is 22.9 Å². The molecule has 0 aliphatic carbocycles. The Bertz CT molecular complexity index is 754. The number of hydrogen-bond acceptors (Lipinski definition) is 3. The third-order valence-electron chi connectivity index (χ3n) is 2.71. The van der Waals surface area contributed by atoms with E-state index >= 15 is 0 Å². The van der Waals surface area contributed by atoms with Crippen LogP contribution in [0, 0.1) is 0 Å². The normalized spacial score (nSPS) is 10.6. The summed E-state index contributed by atoms with van der Waals surface area (Å²) >= 11 is 7.53. The Morgan fingerprint density at radius 3 is 2.89 bits per heavy atom. The maximum atomic E-state index is 12.1. The van der Waals surface area contributed by atoms with E-state index in [1.54, 1.807) is 29.8 Å². The van der Waals surface area contributed by atoms with Gasteiger partial charge in [-0.05, 0) is 30.3 Å². The highest BCUT2D eigenvalue weighted by atomic mass is 35.5. The van der Waals surface area contributed by atoms with Gasteiger partial charge in [-0.25, -0.2) is 4.98 Å². The Kier molecular flexibility index (Phi) is 3.19. The van der Waals surface area contributed by atoms with Crippen molar-refractivity contribution in [2.75, 3.05) is 5.32 Å². The predicted molar refractivity (Wildman–Crippen MR) is 79.0 cm³/mol. The van der Waals surface area contributed by atoms with E-state index in [1.165, 1.54) is 11.3 Å². The molecule has 3 aromatic rings. The zero-order valence-corrected chi connectivity index (χ0v) is 11.3. The fraction of sp³-hybridized carbons (Fsp3) is 0. The first-order valence-electron chi connectivity index (χ1n) is 5.63. The molecule has 0 saturated heterocycles. The number of amides is 1. The van der Waals surface area contributed by atoms with E-state index in [1.807, 2.05) is 18.2 Å². The molecule has 0 aliphatic heterocycles. The molecule has 3 nitrogen and oxygen atoms in total. The molecule has 1 N–H and O–H groups in total. The third kappa shape index (κ3) is 2.45. The van der Waals surface area contributed by atoms with E-state index in [-0.39, 0.29) is 5.91 Å². The molecule has 0 fully saturated rings. The molecule has 1 aromatic heterocycles. The van der Waals surface area contributed by atoms with Crippen LogP contribution in [-0.2, 0) is 0 Å². The summed E-state index contributed by atoms with van der Waals surface area (Å²) in [5, 5.41) is 3.28. The van der Waals surface area contributed by atoms with Crippen LogP contribution in [-0.4, -0.2) is 10.9 Å². The molecule has 0 aliphatic rings. The second-order valence-corrected chi connectivity index (χ2v) is 5.26. The number of anilines is 1. The van der Waals surface area contributed by atoms with E-state index < -0.39 is 0 Å². The molecule has 1 amide bonds. The summed E-state index contributed by atoms with van der Waals surface area (Å²) in [4.78, 5) is 16.3. The molecule has 5 heteroatoms. The lowest BCUT2D eigenvalue weighted by molar-refractivity contribution is 0.102. The zero-order chi connectivity index (χ0) is 13.2. The van der Waals surface area contributed by atoms with E-state index in [0.717, 1.165) is 15.9 Å². The smallest absolute Gasteiger partial charge is 0.257 e. The molecule has 0 spiro atoms. The lowest BCUT2D eigenvalue weighted by atomic mass is 10.2. The number of carbonyl (C=O) groups excluding carboxylic acids is 1. The predicted octanol–water partition coefficient (Wildman–Crippen LogP) is 4.20. The van der Waals surface area contributed by atoms with E-state index in [2.05, 4.69) is 10.3 Å². The van der Waals surface area contributed by atoms with Crippen LogP contribution in [0.3, 0.4) is 0 Å². The Morgan fingerprint density at radius 1 is 1.21 bits per heavy atom. The Morgan fingerprint density at radius 2 is 2.05 bits per heavy atom. The van der Waals surface area contributed by atoms with Gasteiger partial charge in [-0.1, -0.05) is 23.7 Å². The summed E-state index contributed by atoms with van der Waals surface area (Å²) < 4.78 is 1.04. The molecule has 2 aromatic carbocycles. The average Bonchev–Trinajstić information content (AvgIpc) is 2.86. The van der Waals surface area contributed by atoms with E-state index in [9.17, 15) is 4.79 Å². The Hall–Kier alpha value is -1.91. The summed E-state index contributed by atoms with van der Waals surface area (Å²) in [7, 11) is 0. The molecular weight excluding hydrogens is 280 g/mol. The number of hydrogen-bond donors (Lipinski definition) is 1. The van der Waals surface area contributed by atoms with Crippen molar-refractivity contribution in [3.05, 3.63) is 58.6 Å². The molecule has 94 valence electrons. The number of nitrogens with zero attached hydrogens (tertiary/aromatic N) is 1. The lowest BCUT2D eigenvalue weighted by Gasteiger charge is -2.06. The number of aromatic nitrogens is 1. The number of benzene rings is 2. The highest BCUT2D eigenvalue weighted by Gasteiger charge is 2.10. The van der Waals surface area contributed by atoms with Gasteiger partial charge < -0.3 is 5.32 Å². The van der Waals surface area contributed by atoms with Crippen molar-refractivity contribution >= 4 is 44.7 Å². The first-order chi connectivity index (χ1) is 9.24. The minimum Gasteiger partial charge on any atom is -0.322 e. The van der Waals surface area contributed by atoms with Crippen LogP contribution < -0.4 is 5.32 Å². The van der Waals surface area contributed by atoms with Gasteiger partial charge >= 0.3 is 0 Å². The Labute approximate surface area is 118 Å². The maximum Gasteiger partial charge on any atom is 0.257 e. The molecule has 0 atom stereocenters. The van der Waals surface area contributed by atoms with Gasteiger partial charge in [0, 0.05) is 5.69 Å². The fourth-order valence-corrected chi connectivity index (χ4v) is 2.71. The van der Waals surface area contributed by atoms with Crippen molar-refractivity contribution in [2.45, 2.75) is 0 Å². The van der Waals surface area contributed by atoms with Crippen molar-refractivity contribution in [3.63, 3.8) is 0 Å². The van der Waals surface area contributed by atoms with Crippen LogP contribution in [0.5, 0.6) is 0 Å². The largest absolute Gasteiger partial charge is 0.322 e. The van der Waals surface area contributed by atoms with Crippen molar-refractivity contribution in [1.29, 1.82) is 0 Å². The van der Waals surface area contributed by atoms with Crippen molar-refractivity contribution in [3.8, 4) is 0 Å². The fourth-order valence-electron chi connectivity index (χ4n) is 1.78. The summed E-state index contributed by atoms with van der Waals surface area (Å²) in [6.07, 6.45) is 0. The number of thiazole rings is 1. The molecule has 19 heavy (non-hydrogen) atoms. The number of fused-ring (bicyclic) bond motifs is 1. The molecule has 0 bridgehead atoms. The summed E-state index contributed by atoms with van der Waals surface area (Å²) in [6, 6.07) is 12.6. The number of rotatable bonds is 2. The van der Waals surface area contributed by atoms with Gasteiger partial charge in [0.2, 0.25) is 0 Å². The standard InChI is InChI=1S/C14H9ClN2OS/c15-11-4-2-1-3-10(11)14(18)17-9-5-6-12-13(7-9)19-8-16-12/h1-8H,(H,17,18). The lowest BCUT2D eigenvalue weighted by Crippen LogP contribution is -2.12. The number of carbonyl (C=O) groups is 1. The van der Waals surface area contributed by atoms with Gasteiger partial charge in [-0.15, -0.1) is 11.3 Å². The minimum atomic E-state index is -0.213. The van der Waals surface area contributed by atoms with Crippen molar-refractivity contribution in [2.24, 2.45) is 0 Å². The summed E-state index contributed by atoms with van der Waals surface area (Å²) in [5.74, 6) is -0.213. The summed E-state index contributed by atoms with van der Waals surface area (Å²) in [5.41, 5.74) is 3.92. The highest BCUT2D eigenvalue weighted by molar-refractivity contribution is 7.16. The maximum absolute atomic E-state index is 12.1. The van der Waals surface area contributed by atoms with E-state index in [0.29, 0.717) is 10.6 Å². The van der Waals surface area contributed by atoms with Gasteiger partial charge in [-0.3, -0.25) is 4.79 Å². The zero-order valence-electron chi connectivity index (χ0n) is 9.76. The van der Waals surface area contributed by atoms with Crippen LogP contribution in [0.1, 0.15) is 10.4 Å². The molecule has 1 heterocycles. The molecule has 0 saturated carbocycles. The average molecular weight is 289 g/mol. The molecule has 0 radical (unpaired) electrons. The quantitative estimate of drug-likeness (QED) is 0.768. The second kappa shape index (κ2) is 4.99. The van der Waals surface area contributed by atoms with Crippen LogP contribution in [0.4, 0.5) is 5.69 Å². The molecular formula is C14H9ClN2OS. The second-order valence-electron chi connectivity index (χ2n) is 3.97. The molecule has 3 rings (SSSR count). The SMILES string of the molecule is O=C(Nc1ccc2ncsc2c1)c1ccccc1Cl. The first kappa shape index (κ1) is 12.1. The van der Waals surface area contributed by atoms with Crippen LogP contribution in [0.15, 0.2) is 48.0 Å². The van der Waals surface area contributed by atoms with Gasteiger partial charge in [0.25, 0.3) is 5.91 Å². The van der Waals surface area contributed by atoms with Gasteiger partial charge in [0.1, 0.15) is 0 Å². The van der Waals surface area contributed by atoms with Crippen LogP contribution in [0.25, 0.3) is 10.2 Å². The van der Waals surface area contributed by atoms with Crippen LogP contribution in [0.2, 0.25) is 5.02 Å². The number of halogens is 1.